The second-order valence-corrected chi connectivity index (χ2v) is 7.55. The molecule has 0 aliphatic rings. The highest BCUT2D eigenvalue weighted by Crippen LogP contribution is 2.56. The standard InChI is InChI=1S/C3H12N3OPS3/c1-4(9)8(7,5(2)10)6(3)11/h9-11H,1-3H3. The molecule has 8 heteroatoms. The predicted molar refractivity (Wildman–Crippen MR) is 57.9 cm³/mol. The van der Waals surface area contributed by atoms with Gasteiger partial charge in [-0.15, -0.1) is 0 Å². The Morgan fingerprint density at radius 2 is 1.09 bits per heavy atom. The quantitative estimate of drug-likeness (QED) is 0.507. The molecule has 0 fully saturated rings. The number of hydrogen-bond donors (Lipinski definition) is 3. The first-order valence-corrected chi connectivity index (χ1v) is 5.49. The minimum atomic E-state index is -2.84. The number of thiol groups is 3. The third kappa shape index (κ3) is 2.55. The van der Waals surface area contributed by atoms with E-state index in [1.807, 2.05) is 0 Å². The van der Waals surface area contributed by atoms with Crippen LogP contribution in [-0.4, -0.2) is 33.4 Å². The van der Waals surface area contributed by atoms with Crippen molar-refractivity contribution in [1.29, 1.82) is 0 Å². The molecule has 0 N–H and O–H groups in total. The fraction of sp³-hybridized carbons (Fsp3) is 1.00. The summed E-state index contributed by atoms with van der Waals surface area (Å²) in [4.78, 5) is 0. The molecule has 4 nitrogen and oxygen atoms in total. The molecule has 68 valence electrons. The zero-order valence-electron chi connectivity index (χ0n) is 6.54. The number of nitrogens with zero attached hydrogens (tertiary/aromatic N) is 3. The highest BCUT2D eigenvalue weighted by molar-refractivity contribution is 7.95. The summed E-state index contributed by atoms with van der Waals surface area (Å²) >= 11 is 11.8. The molecule has 0 rings (SSSR count). The maximum absolute atomic E-state index is 11.9. The first-order valence-electron chi connectivity index (χ1n) is 2.72. The number of rotatable bonds is 3. The van der Waals surface area contributed by atoms with Crippen LogP contribution in [-0.2, 0) is 4.57 Å². The van der Waals surface area contributed by atoms with E-state index < -0.39 is 7.59 Å². The van der Waals surface area contributed by atoms with Gasteiger partial charge in [0, 0.05) is 21.1 Å². The van der Waals surface area contributed by atoms with E-state index in [1.54, 1.807) is 21.1 Å². The Labute approximate surface area is 84.1 Å². The Hall–Kier alpha value is 1.16. The summed E-state index contributed by atoms with van der Waals surface area (Å²) in [6.07, 6.45) is 0. The van der Waals surface area contributed by atoms with Crippen LogP contribution in [0, 0.1) is 0 Å². The van der Waals surface area contributed by atoms with Crippen LogP contribution in [0.4, 0.5) is 0 Å². The van der Waals surface area contributed by atoms with E-state index in [9.17, 15) is 4.57 Å². The fourth-order valence-corrected chi connectivity index (χ4v) is 4.41. The van der Waals surface area contributed by atoms with Crippen LogP contribution in [0.3, 0.4) is 0 Å². The van der Waals surface area contributed by atoms with Gasteiger partial charge in [0.15, 0.2) is 0 Å². The van der Waals surface area contributed by atoms with Gasteiger partial charge in [0.05, 0.1) is 0 Å². The highest BCUT2D eigenvalue weighted by Gasteiger charge is 2.33. The van der Waals surface area contributed by atoms with Crippen molar-refractivity contribution >= 4 is 46.0 Å². The molecule has 0 saturated carbocycles. The molecule has 0 saturated heterocycles. The van der Waals surface area contributed by atoms with Gasteiger partial charge in [0.1, 0.15) is 0 Å². The van der Waals surface area contributed by atoms with E-state index in [2.05, 4.69) is 38.4 Å². The van der Waals surface area contributed by atoms with Gasteiger partial charge >= 0.3 is 7.59 Å². The number of hydrogen-bond acceptors (Lipinski definition) is 4. The van der Waals surface area contributed by atoms with Gasteiger partial charge in [-0.2, -0.15) is 12.2 Å². The van der Waals surface area contributed by atoms with Crippen LogP contribution in [0.25, 0.3) is 0 Å². The molecular weight excluding hydrogens is 221 g/mol. The third-order valence-electron chi connectivity index (χ3n) is 1.13. The van der Waals surface area contributed by atoms with E-state index in [1.165, 1.54) is 12.2 Å². The SMILES string of the molecule is CN(S)P(=O)(N(C)S)N(C)S. The minimum absolute atomic E-state index is 1.28. The molecular formula is C3H12N3OPS3. The maximum atomic E-state index is 11.9. The highest BCUT2D eigenvalue weighted by atomic mass is 32.1. The van der Waals surface area contributed by atoms with E-state index in [0.29, 0.717) is 0 Å². The minimum Gasteiger partial charge on any atom is -0.268 e. The molecule has 0 radical (unpaired) electrons. The van der Waals surface area contributed by atoms with E-state index in [0.717, 1.165) is 0 Å². The van der Waals surface area contributed by atoms with Crippen molar-refractivity contribution < 1.29 is 4.57 Å². The van der Waals surface area contributed by atoms with E-state index in [-0.39, 0.29) is 0 Å². The summed E-state index contributed by atoms with van der Waals surface area (Å²) in [5, 5.41) is 0. The van der Waals surface area contributed by atoms with E-state index in [4.69, 9.17) is 0 Å². The van der Waals surface area contributed by atoms with Gasteiger partial charge in [-0.3, -0.25) is 4.57 Å². The summed E-state index contributed by atoms with van der Waals surface area (Å²) in [5.74, 6) is 0. The van der Waals surface area contributed by atoms with Crippen LogP contribution in [0.2, 0.25) is 0 Å². The van der Waals surface area contributed by atoms with Crippen molar-refractivity contribution in [3.8, 4) is 0 Å². The van der Waals surface area contributed by atoms with Gasteiger partial charge < -0.3 is 0 Å². The van der Waals surface area contributed by atoms with Crippen molar-refractivity contribution in [2.24, 2.45) is 0 Å². The molecule has 0 heterocycles. The fourth-order valence-electron chi connectivity index (χ4n) is 0.562. The second-order valence-electron chi connectivity index (χ2n) is 1.98. The van der Waals surface area contributed by atoms with E-state index >= 15 is 0 Å². The summed E-state index contributed by atoms with van der Waals surface area (Å²) < 4.78 is 15.7. The Kier molecular flexibility index (Phi) is 4.88. The van der Waals surface area contributed by atoms with Crippen molar-refractivity contribution in [1.82, 2.24) is 12.2 Å². The molecule has 0 atom stereocenters. The van der Waals surface area contributed by atoms with Crippen LogP contribution in [0.1, 0.15) is 0 Å². The summed E-state index contributed by atoms with van der Waals surface area (Å²) in [5.41, 5.74) is 0. The second kappa shape index (κ2) is 4.41. The molecule has 0 aliphatic carbocycles. The molecule has 0 aromatic rings. The third-order valence-corrected chi connectivity index (χ3v) is 5.49. The Morgan fingerprint density at radius 3 is 1.09 bits per heavy atom. The first-order chi connectivity index (χ1) is 4.83. The molecule has 0 amide bonds. The lowest BCUT2D eigenvalue weighted by Crippen LogP contribution is -2.22. The van der Waals surface area contributed by atoms with Crippen LogP contribution >= 0.6 is 46.0 Å². The topological polar surface area (TPSA) is 26.8 Å². The summed E-state index contributed by atoms with van der Waals surface area (Å²) in [6, 6.07) is 0. The van der Waals surface area contributed by atoms with Gasteiger partial charge in [-0.05, 0) is 0 Å². The maximum Gasteiger partial charge on any atom is 0.313 e. The first kappa shape index (κ1) is 12.2. The smallest absolute Gasteiger partial charge is 0.268 e. The van der Waals surface area contributed by atoms with Crippen molar-refractivity contribution in [2.75, 3.05) is 21.1 Å². The lowest BCUT2D eigenvalue weighted by Gasteiger charge is -2.31. The molecule has 11 heavy (non-hydrogen) atoms. The summed E-state index contributed by atoms with van der Waals surface area (Å²) in [7, 11) is 1.92. The van der Waals surface area contributed by atoms with Gasteiger partial charge in [0.2, 0.25) is 0 Å². The molecule has 0 unspecified atom stereocenters. The van der Waals surface area contributed by atoms with Gasteiger partial charge in [-0.1, -0.05) is 38.4 Å². The monoisotopic (exact) mass is 233 g/mol. The predicted octanol–water partition coefficient (Wildman–Crippen LogP) is 1.42. The van der Waals surface area contributed by atoms with Crippen LogP contribution in [0.5, 0.6) is 0 Å². The Bertz CT molecular complexity index is 145. The lowest BCUT2D eigenvalue weighted by atomic mass is 11.6. The lowest BCUT2D eigenvalue weighted by molar-refractivity contribution is 0.489. The van der Waals surface area contributed by atoms with Crippen molar-refractivity contribution in [2.45, 2.75) is 0 Å². The van der Waals surface area contributed by atoms with Crippen LogP contribution < -0.4 is 0 Å². The molecule has 0 bridgehead atoms. The summed E-state index contributed by atoms with van der Waals surface area (Å²) in [6.45, 7) is 0. The molecule has 0 spiro atoms. The van der Waals surface area contributed by atoms with Crippen molar-refractivity contribution in [3.63, 3.8) is 0 Å². The molecule has 0 aromatic carbocycles. The zero-order valence-corrected chi connectivity index (χ0v) is 10.1. The molecule has 0 aromatic heterocycles. The zero-order chi connectivity index (χ0) is 9.23. The average molecular weight is 233 g/mol. The average Bonchev–Trinajstić information content (AvgIpc) is 1.84. The van der Waals surface area contributed by atoms with Gasteiger partial charge in [0.25, 0.3) is 0 Å². The normalized spacial score (nSPS) is 13.5. The van der Waals surface area contributed by atoms with Crippen molar-refractivity contribution in [3.05, 3.63) is 0 Å². The molecule has 0 aliphatic heterocycles. The Morgan fingerprint density at radius 1 is 0.909 bits per heavy atom. The largest absolute Gasteiger partial charge is 0.313 e. The van der Waals surface area contributed by atoms with Gasteiger partial charge in [-0.25, -0.2) is 0 Å². The Balaban J connectivity index is 4.69. The van der Waals surface area contributed by atoms with Crippen LogP contribution in [0.15, 0.2) is 0 Å².